The third kappa shape index (κ3) is 4.73. The Morgan fingerprint density at radius 1 is 1.13 bits per heavy atom. The van der Waals surface area contributed by atoms with Crippen LogP contribution in [0.25, 0.3) is 21.1 Å². The molecule has 158 valence electrons. The van der Waals surface area contributed by atoms with E-state index in [0.29, 0.717) is 6.61 Å². The fourth-order valence-electron chi connectivity index (χ4n) is 3.76. The zero-order valence-electron chi connectivity index (χ0n) is 16.4. The van der Waals surface area contributed by atoms with Gasteiger partial charge in [-0.2, -0.15) is 0 Å². The van der Waals surface area contributed by atoms with Gasteiger partial charge < -0.3 is 9.47 Å². The fourth-order valence-corrected chi connectivity index (χ4v) is 6.22. The van der Waals surface area contributed by atoms with Gasteiger partial charge in [0.15, 0.2) is 0 Å². The van der Waals surface area contributed by atoms with Crippen LogP contribution in [-0.2, 0) is 9.47 Å². The van der Waals surface area contributed by atoms with Crippen LogP contribution in [0.2, 0.25) is 5.02 Å². The van der Waals surface area contributed by atoms with Crippen molar-refractivity contribution < 1.29 is 9.47 Å². The summed E-state index contributed by atoms with van der Waals surface area (Å²) in [7, 11) is 0. The minimum Gasteiger partial charge on any atom is -0.379 e. The Morgan fingerprint density at radius 2 is 2.00 bits per heavy atom. The van der Waals surface area contributed by atoms with Crippen molar-refractivity contribution in [2.75, 3.05) is 46.1 Å². The molecule has 7 heteroatoms. The number of halogens is 2. The number of hydrogen-bond acceptors (Lipinski definition) is 5. The first kappa shape index (κ1) is 22.2. The van der Waals surface area contributed by atoms with Gasteiger partial charge in [0, 0.05) is 54.3 Å². The smallest absolute Gasteiger partial charge is 0.0779 e. The van der Waals surface area contributed by atoms with Gasteiger partial charge in [0.25, 0.3) is 0 Å². The van der Waals surface area contributed by atoms with Crippen LogP contribution in [0, 0.1) is 0 Å². The van der Waals surface area contributed by atoms with Crippen LogP contribution in [0.1, 0.15) is 0 Å². The maximum Gasteiger partial charge on any atom is 0.0779 e. The Bertz CT molecular complexity index is 1140. The van der Waals surface area contributed by atoms with Crippen molar-refractivity contribution in [1.29, 1.82) is 0 Å². The lowest BCUT2D eigenvalue weighted by molar-refractivity contribution is 0.0232. The Balaban J connectivity index is 0.00000218. The summed E-state index contributed by atoms with van der Waals surface area (Å²) in [5.41, 5.74) is 1.25. The van der Waals surface area contributed by atoms with Crippen molar-refractivity contribution in [3.63, 3.8) is 0 Å². The van der Waals surface area contributed by atoms with Gasteiger partial charge in [-0.25, -0.2) is 0 Å². The van der Waals surface area contributed by atoms with Gasteiger partial charge >= 0.3 is 0 Å². The first-order valence-electron chi connectivity index (χ1n) is 9.86. The van der Waals surface area contributed by atoms with Crippen molar-refractivity contribution in [2.24, 2.45) is 0 Å². The van der Waals surface area contributed by atoms with Crippen molar-refractivity contribution in [1.82, 2.24) is 4.90 Å². The Hall–Kier alpha value is -1.05. The van der Waals surface area contributed by atoms with E-state index in [0.717, 1.165) is 44.5 Å². The third-order valence-corrected chi connectivity index (χ3v) is 7.80. The van der Waals surface area contributed by atoms with E-state index in [1.165, 1.54) is 35.2 Å². The van der Waals surface area contributed by atoms with Gasteiger partial charge in [-0.3, -0.25) is 4.90 Å². The van der Waals surface area contributed by atoms with Crippen molar-refractivity contribution in [2.45, 2.75) is 0 Å². The summed E-state index contributed by atoms with van der Waals surface area (Å²) in [6.45, 7) is 6.04. The number of thioether (sulfide) groups is 1. The fraction of sp³-hybridized carbons (Fsp3) is 0.304. The van der Waals surface area contributed by atoms with E-state index in [9.17, 15) is 0 Å². The first-order chi connectivity index (χ1) is 14.3. The molecule has 0 radical (unpaired) electrons. The zero-order chi connectivity index (χ0) is 19.6. The number of fused-ring (bicyclic) bond motifs is 4. The maximum absolute atomic E-state index is 6.32. The molecule has 1 aromatic carbocycles. The molecule has 3 heterocycles. The second-order valence-electron chi connectivity index (χ2n) is 7.20. The molecule has 30 heavy (non-hydrogen) atoms. The monoisotopic (exact) mass is 479 g/mol. The number of rotatable bonds is 5. The van der Waals surface area contributed by atoms with Gasteiger partial charge in [-0.05, 0) is 35.9 Å². The summed E-state index contributed by atoms with van der Waals surface area (Å²) >= 11 is 9.96. The molecule has 1 fully saturated rings. The molecule has 2 aromatic rings. The Kier molecular flexibility index (Phi) is 7.42. The van der Waals surface area contributed by atoms with Gasteiger partial charge in [0.2, 0.25) is 0 Å². The van der Waals surface area contributed by atoms with Crippen molar-refractivity contribution in [3.05, 3.63) is 67.8 Å². The molecule has 1 aliphatic carbocycles. The second-order valence-corrected chi connectivity index (χ2v) is 9.86. The number of thiophene rings is 1. The lowest BCUT2D eigenvalue weighted by Crippen LogP contribution is -2.38. The molecule has 0 atom stereocenters. The van der Waals surface area contributed by atoms with E-state index in [2.05, 4.69) is 47.4 Å². The summed E-state index contributed by atoms with van der Waals surface area (Å²) in [4.78, 5) is 4.94. The normalized spacial score (nSPS) is 18.6. The minimum atomic E-state index is 0. The summed E-state index contributed by atoms with van der Waals surface area (Å²) in [5.74, 6) is 0. The molecular formula is C23H23Cl2NO2S2. The molecular weight excluding hydrogens is 457 g/mol. The molecule has 0 unspecified atom stereocenters. The third-order valence-electron chi connectivity index (χ3n) is 5.27. The van der Waals surface area contributed by atoms with E-state index < -0.39 is 0 Å². The highest BCUT2D eigenvalue weighted by molar-refractivity contribution is 8.11. The lowest BCUT2D eigenvalue weighted by atomic mass is 10.1. The number of allylic oxidation sites excluding steroid dienone is 4. The highest BCUT2D eigenvalue weighted by Gasteiger charge is 2.17. The van der Waals surface area contributed by atoms with E-state index in [-0.39, 0.29) is 12.4 Å². The van der Waals surface area contributed by atoms with Crippen LogP contribution >= 0.6 is 47.1 Å². The quantitative estimate of drug-likeness (QED) is 0.594. The van der Waals surface area contributed by atoms with E-state index in [4.69, 9.17) is 21.1 Å². The van der Waals surface area contributed by atoms with Crippen LogP contribution < -0.4 is 9.75 Å². The predicted octanol–water partition coefficient (Wildman–Crippen LogP) is 4.34. The average Bonchev–Trinajstić information content (AvgIpc) is 2.99. The van der Waals surface area contributed by atoms with Gasteiger partial charge in [0.1, 0.15) is 0 Å². The molecule has 0 N–H and O–H groups in total. The molecule has 1 aromatic heterocycles. The topological polar surface area (TPSA) is 21.7 Å². The Labute approximate surface area is 195 Å². The Morgan fingerprint density at radius 3 is 2.87 bits per heavy atom. The van der Waals surface area contributed by atoms with Crippen LogP contribution in [0.15, 0.2) is 53.0 Å². The standard InChI is InChI=1S/C23H22ClNO2S2.ClH/c24-17-5-7-20-19(14-17)22-21(29-20)3-1-2-16-4-6-18(28-23(16)22)15-27-13-10-25-8-11-26-12-9-25;/h1-7,14H,8-13,15H2;1H. The van der Waals surface area contributed by atoms with E-state index in [1.807, 2.05) is 29.2 Å². The van der Waals surface area contributed by atoms with Crippen molar-refractivity contribution in [3.8, 4) is 0 Å². The second kappa shape index (κ2) is 10.0. The van der Waals surface area contributed by atoms with E-state index >= 15 is 0 Å². The molecule has 3 aliphatic rings. The van der Waals surface area contributed by atoms with Crippen LogP contribution in [0.4, 0.5) is 0 Å². The SMILES string of the molecule is Cl.Clc1ccc2sc3c(c2c1)=C1SC(COCCN2CCOCC2)=CC=C1C=CC=3. The highest BCUT2D eigenvalue weighted by Crippen LogP contribution is 2.37. The molecule has 0 spiro atoms. The average molecular weight is 480 g/mol. The molecule has 1 saturated heterocycles. The molecule has 0 amide bonds. The lowest BCUT2D eigenvalue weighted by Gasteiger charge is -2.26. The number of nitrogens with zero attached hydrogens (tertiary/aromatic N) is 1. The number of benzene rings is 1. The first-order valence-corrected chi connectivity index (χ1v) is 11.9. The van der Waals surface area contributed by atoms with Gasteiger partial charge in [-0.15, -0.1) is 23.7 Å². The molecule has 0 saturated carbocycles. The van der Waals surface area contributed by atoms with Gasteiger partial charge in [-0.1, -0.05) is 41.6 Å². The minimum absolute atomic E-state index is 0. The van der Waals surface area contributed by atoms with Gasteiger partial charge in [0.05, 0.1) is 26.4 Å². The van der Waals surface area contributed by atoms with Crippen LogP contribution in [0.5, 0.6) is 0 Å². The van der Waals surface area contributed by atoms with Crippen LogP contribution in [-0.4, -0.2) is 51.0 Å². The van der Waals surface area contributed by atoms with E-state index in [1.54, 1.807) is 0 Å². The number of hydrogen-bond donors (Lipinski definition) is 0. The molecule has 0 bridgehead atoms. The maximum atomic E-state index is 6.32. The highest BCUT2D eigenvalue weighted by atomic mass is 35.5. The summed E-state index contributed by atoms with van der Waals surface area (Å²) < 4.78 is 14.0. The summed E-state index contributed by atoms with van der Waals surface area (Å²) in [6, 6.07) is 6.18. The summed E-state index contributed by atoms with van der Waals surface area (Å²) in [5, 5.41) is 3.32. The largest absolute Gasteiger partial charge is 0.379 e. The predicted molar refractivity (Wildman–Crippen MR) is 132 cm³/mol. The number of ether oxygens (including phenoxy) is 2. The number of morpholine rings is 1. The zero-order valence-corrected chi connectivity index (χ0v) is 19.6. The van der Waals surface area contributed by atoms with Crippen LogP contribution in [0.3, 0.4) is 0 Å². The van der Waals surface area contributed by atoms with Crippen molar-refractivity contribution >= 4 is 68.2 Å². The summed E-state index contributed by atoms with van der Waals surface area (Å²) in [6.07, 6.45) is 10.9. The molecule has 5 rings (SSSR count). The molecule has 2 aliphatic heterocycles. The molecule has 3 nitrogen and oxygen atoms in total.